The van der Waals surface area contributed by atoms with Crippen molar-refractivity contribution in [2.45, 2.75) is 52.9 Å². The predicted molar refractivity (Wildman–Crippen MR) is 59.7 cm³/mol. The molecule has 1 aliphatic rings. The van der Waals surface area contributed by atoms with Crippen LogP contribution in [-0.4, -0.2) is 0 Å². The molecule has 0 nitrogen and oxygen atoms in total. The molecule has 0 aromatic heterocycles. The van der Waals surface area contributed by atoms with Crippen molar-refractivity contribution in [1.82, 2.24) is 0 Å². The summed E-state index contributed by atoms with van der Waals surface area (Å²) in [6.45, 7) is 11.3. The summed E-state index contributed by atoms with van der Waals surface area (Å²) in [5, 5.41) is 0. The van der Waals surface area contributed by atoms with E-state index >= 15 is 0 Å². The van der Waals surface area contributed by atoms with E-state index in [4.69, 9.17) is 0 Å². The minimum absolute atomic E-state index is 0.727. The van der Waals surface area contributed by atoms with Gasteiger partial charge in [-0.3, -0.25) is 0 Å². The molecule has 0 aliphatic heterocycles. The fourth-order valence-electron chi connectivity index (χ4n) is 2.49. The van der Waals surface area contributed by atoms with Crippen LogP contribution in [0.3, 0.4) is 0 Å². The maximum absolute atomic E-state index is 4.30. The van der Waals surface area contributed by atoms with Gasteiger partial charge >= 0.3 is 0 Å². The Morgan fingerprint density at radius 2 is 2.00 bits per heavy atom. The third-order valence-electron chi connectivity index (χ3n) is 3.83. The third-order valence-corrected chi connectivity index (χ3v) is 3.83. The SMILES string of the molecule is C=C(C(C)CC)[C@@H]1CCCC[C@@H]1C. The monoisotopic (exact) mass is 180 g/mol. The summed E-state index contributed by atoms with van der Waals surface area (Å²) in [7, 11) is 0. The van der Waals surface area contributed by atoms with E-state index in [1.807, 2.05) is 0 Å². The molecule has 13 heavy (non-hydrogen) atoms. The van der Waals surface area contributed by atoms with Gasteiger partial charge in [-0.2, -0.15) is 0 Å². The van der Waals surface area contributed by atoms with Crippen molar-refractivity contribution in [2.24, 2.45) is 17.8 Å². The molecular formula is C13H24. The van der Waals surface area contributed by atoms with Gasteiger partial charge in [0.05, 0.1) is 0 Å². The van der Waals surface area contributed by atoms with Crippen molar-refractivity contribution >= 4 is 0 Å². The molecule has 1 fully saturated rings. The zero-order chi connectivity index (χ0) is 9.84. The molecule has 0 heteroatoms. The Hall–Kier alpha value is -0.260. The first-order chi connectivity index (χ1) is 6.16. The second-order valence-electron chi connectivity index (χ2n) is 4.75. The highest BCUT2D eigenvalue weighted by atomic mass is 14.3. The lowest BCUT2D eigenvalue weighted by Crippen LogP contribution is -2.21. The van der Waals surface area contributed by atoms with Crippen LogP contribution in [0.25, 0.3) is 0 Å². The Bertz CT molecular complexity index is 169. The summed E-state index contributed by atoms with van der Waals surface area (Å²) in [4.78, 5) is 0. The molecule has 0 radical (unpaired) electrons. The molecule has 0 saturated heterocycles. The van der Waals surface area contributed by atoms with Crippen LogP contribution in [-0.2, 0) is 0 Å². The highest BCUT2D eigenvalue weighted by Crippen LogP contribution is 2.37. The van der Waals surface area contributed by atoms with Gasteiger partial charge in [0, 0.05) is 0 Å². The average molecular weight is 180 g/mol. The van der Waals surface area contributed by atoms with Crippen molar-refractivity contribution in [3.63, 3.8) is 0 Å². The second-order valence-corrected chi connectivity index (χ2v) is 4.75. The summed E-state index contributed by atoms with van der Waals surface area (Å²) >= 11 is 0. The fourth-order valence-corrected chi connectivity index (χ4v) is 2.49. The Morgan fingerprint density at radius 1 is 1.38 bits per heavy atom. The van der Waals surface area contributed by atoms with Crippen LogP contribution in [0, 0.1) is 17.8 Å². The molecule has 1 aliphatic carbocycles. The summed E-state index contributed by atoms with van der Waals surface area (Å²) in [5.74, 6) is 2.43. The van der Waals surface area contributed by atoms with E-state index in [2.05, 4.69) is 27.4 Å². The Kier molecular flexibility index (Phi) is 4.02. The number of allylic oxidation sites excluding steroid dienone is 1. The van der Waals surface area contributed by atoms with E-state index in [-0.39, 0.29) is 0 Å². The molecule has 0 amide bonds. The topological polar surface area (TPSA) is 0 Å². The average Bonchev–Trinajstić information content (AvgIpc) is 2.16. The lowest BCUT2D eigenvalue weighted by Gasteiger charge is -2.32. The van der Waals surface area contributed by atoms with Crippen molar-refractivity contribution < 1.29 is 0 Å². The molecule has 1 saturated carbocycles. The Morgan fingerprint density at radius 3 is 2.54 bits per heavy atom. The van der Waals surface area contributed by atoms with Crippen molar-refractivity contribution in [2.75, 3.05) is 0 Å². The standard InChI is InChI=1S/C13H24/c1-5-10(2)12(4)13-9-7-6-8-11(13)3/h10-11,13H,4-9H2,1-3H3/t10?,11-,13+/m0/s1. The van der Waals surface area contributed by atoms with Gasteiger partial charge < -0.3 is 0 Å². The van der Waals surface area contributed by atoms with E-state index in [9.17, 15) is 0 Å². The molecule has 0 aromatic carbocycles. The smallest absolute Gasteiger partial charge is 0.0178 e. The van der Waals surface area contributed by atoms with E-state index < -0.39 is 0 Å². The van der Waals surface area contributed by atoms with Crippen LogP contribution in [0.15, 0.2) is 12.2 Å². The van der Waals surface area contributed by atoms with Gasteiger partial charge in [0.15, 0.2) is 0 Å². The quantitative estimate of drug-likeness (QED) is 0.564. The van der Waals surface area contributed by atoms with Crippen LogP contribution in [0.5, 0.6) is 0 Å². The summed E-state index contributed by atoms with van der Waals surface area (Å²) < 4.78 is 0. The first kappa shape index (κ1) is 10.8. The van der Waals surface area contributed by atoms with Crippen LogP contribution in [0.4, 0.5) is 0 Å². The lowest BCUT2D eigenvalue weighted by atomic mass is 9.73. The Balaban J connectivity index is 2.53. The highest BCUT2D eigenvalue weighted by molar-refractivity contribution is 5.06. The van der Waals surface area contributed by atoms with Gasteiger partial charge in [0.25, 0.3) is 0 Å². The van der Waals surface area contributed by atoms with Gasteiger partial charge in [-0.15, -0.1) is 0 Å². The number of rotatable bonds is 3. The summed E-state index contributed by atoms with van der Waals surface area (Å²) in [5.41, 5.74) is 1.52. The zero-order valence-corrected chi connectivity index (χ0v) is 9.47. The molecule has 0 N–H and O–H groups in total. The Labute approximate surface area is 83.4 Å². The zero-order valence-electron chi connectivity index (χ0n) is 9.47. The lowest BCUT2D eigenvalue weighted by molar-refractivity contribution is 0.276. The molecule has 0 spiro atoms. The molecule has 0 bridgehead atoms. The molecule has 1 rings (SSSR count). The number of hydrogen-bond acceptors (Lipinski definition) is 0. The molecule has 76 valence electrons. The molecule has 1 unspecified atom stereocenters. The first-order valence-corrected chi connectivity index (χ1v) is 5.85. The maximum atomic E-state index is 4.30. The van der Waals surface area contributed by atoms with Crippen molar-refractivity contribution in [1.29, 1.82) is 0 Å². The van der Waals surface area contributed by atoms with E-state index in [1.54, 1.807) is 0 Å². The van der Waals surface area contributed by atoms with Crippen molar-refractivity contribution in [3.05, 3.63) is 12.2 Å². The maximum Gasteiger partial charge on any atom is -0.0178 e. The first-order valence-electron chi connectivity index (χ1n) is 5.85. The van der Waals surface area contributed by atoms with E-state index in [0.29, 0.717) is 0 Å². The van der Waals surface area contributed by atoms with E-state index in [1.165, 1.54) is 37.7 Å². The van der Waals surface area contributed by atoms with Gasteiger partial charge in [0.2, 0.25) is 0 Å². The minimum atomic E-state index is 0.727. The molecule has 0 aromatic rings. The van der Waals surface area contributed by atoms with Crippen LogP contribution >= 0.6 is 0 Å². The molecular weight excluding hydrogens is 156 g/mol. The van der Waals surface area contributed by atoms with Crippen molar-refractivity contribution in [3.8, 4) is 0 Å². The van der Waals surface area contributed by atoms with Crippen LogP contribution in [0.2, 0.25) is 0 Å². The fraction of sp³-hybridized carbons (Fsp3) is 0.846. The second kappa shape index (κ2) is 4.83. The minimum Gasteiger partial charge on any atom is -0.0993 e. The normalized spacial score (nSPS) is 31.3. The van der Waals surface area contributed by atoms with Gasteiger partial charge in [-0.05, 0) is 30.6 Å². The van der Waals surface area contributed by atoms with Crippen LogP contribution in [0.1, 0.15) is 52.9 Å². The van der Waals surface area contributed by atoms with Gasteiger partial charge in [-0.25, -0.2) is 0 Å². The molecule has 3 atom stereocenters. The highest BCUT2D eigenvalue weighted by Gasteiger charge is 2.25. The molecule has 0 heterocycles. The summed E-state index contributed by atoms with van der Waals surface area (Å²) in [6, 6.07) is 0. The summed E-state index contributed by atoms with van der Waals surface area (Å²) in [6.07, 6.45) is 6.92. The van der Waals surface area contributed by atoms with E-state index in [0.717, 1.165) is 17.8 Å². The largest absolute Gasteiger partial charge is 0.0993 e. The number of hydrogen-bond donors (Lipinski definition) is 0. The predicted octanol–water partition coefficient (Wildman–Crippen LogP) is 4.42. The third kappa shape index (κ3) is 2.59. The van der Waals surface area contributed by atoms with Crippen LogP contribution < -0.4 is 0 Å². The van der Waals surface area contributed by atoms with Gasteiger partial charge in [-0.1, -0.05) is 52.2 Å². The van der Waals surface area contributed by atoms with Gasteiger partial charge in [0.1, 0.15) is 0 Å².